The molecule has 2 N–H and O–H groups in total. The molecule has 6 nitrogen and oxygen atoms in total. The lowest BCUT2D eigenvalue weighted by Gasteiger charge is -2.16. The Morgan fingerprint density at radius 1 is 1.17 bits per heavy atom. The second kappa shape index (κ2) is 6.95. The molecule has 1 aromatic carbocycles. The second-order valence-electron chi connectivity index (χ2n) is 4.61. The van der Waals surface area contributed by atoms with E-state index in [2.05, 4.69) is 15.6 Å². The van der Waals surface area contributed by atoms with E-state index in [0.29, 0.717) is 5.13 Å². The summed E-state index contributed by atoms with van der Waals surface area (Å²) in [5, 5.41) is 7.06. The van der Waals surface area contributed by atoms with Crippen molar-refractivity contribution in [3.8, 4) is 11.5 Å². The van der Waals surface area contributed by atoms with Gasteiger partial charge in [-0.1, -0.05) is 0 Å². The highest BCUT2D eigenvalue weighted by molar-refractivity contribution is 7.31. The molecule has 24 heavy (non-hydrogen) atoms. The molecule has 1 aromatic heterocycles. The quantitative estimate of drug-likeness (QED) is 0.805. The lowest BCUT2D eigenvalue weighted by molar-refractivity contribution is -0.138. The van der Waals surface area contributed by atoms with Crippen LogP contribution >= 0.6 is 10.5 Å². The van der Waals surface area contributed by atoms with Gasteiger partial charge in [-0.25, -0.2) is 10.1 Å². The standard InChI is InChI=1S/C14H14F3N3O3S/c1-22-10-7-11(23-2)9(6-8(10)14(15,16)17)19-12(21)20-13-18-4-5-24(13)3/h4-7H,1-3H3,(H-,18,19,20,21)/p+1. The Labute approximate surface area is 138 Å². The summed E-state index contributed by atoms with van der Waals surface area (Å²) >= 11 is 0. The van der Waals surface area contributed by atoms with Gasteiger partial charge in [0.15, 0.2) is 5.38 Å². The molecule has 0 aliphatic rings. The van der Waals surface area contributed by atoms with Crippen molar-refractivity contribution in [1.82, 2.24) is 4.98 Å². The molecule has 0 bridgehead atoms. The maximum atomic E-state index is 13.1. The average molecular weight is 362 g/mol. The van der Waals surface area contributed by atoms with Crippen LogP contribution in [0.2, 0.25) is 0 Å². The number of thiazole rings is 1. The van der Waals surface area contributed by atoms with E-state index < -0.39 is 23.5 Å². The number of aryl methyl sites for hydroxylation is 1. The zero-order chi connectivity index (χ0) is 17.9. The van der Waals surface area contributed by atoms with Crippen molar-refractivity contribution in [1.29, 1.82) is 0 Å². The monoisotopic (exact) mass is 362 g/mol. The lowest BCUT2D eigenvalue weighted by atomic mass is 10.1. The summed E-state index contributed by atoms with van der Waals surface area (Å²) in [6.45, 7) is 0. The highest BCUT2D eigenvalue weighted by Gasteiger charge is 2.35. The molecule has 0 fully saturated rings. The van der Waals surface area contributed by atoms with Crippen LogP contribution in [0.1, 0.15) is 5.56 Å². The fourth-order valence-electron chi connectivity index (χ4n) is 1.92. The van der Waals surface area contributed by atoms with Crippen molar-refractivity contribution in [3.63, 3.8) is 0 Å². The van der Waals surface area contributed by atoms with Gasteiger partial charge in [0.05, 0.1) is 31.7 Å². The number of nitrogens with one attached hydrogen (secondary N) is 2. The number of alkyl halides is 3. The van der Waals surface area contributed by atoms with Crippen LogP contribution in [-0.2, 0) is 12.4 Å². The molecular formula is C14H15F3N3O3S+. The van der Waals surface area contributed by atoms with E-state index in [4.69, 9.17) is 9.47 Å². The molecule has 0 saturated heterocycles. The van der Waals surface area contributed by atoms with Gasteiger partial charge in [0.2, 0.25) is 0 Å². The largest absolute Gasteiger partial charge is 0.496 e. The van der Waals surface area contributed by atoms with Gasteiger partial charge in [-0.15, -0.1) is 0 Å². The van der Waals surface area contributed by atoms with E-state index in [1.54, 1.807) is 11.6 Å². The number of carbonyl (C=O) groups excluding carboxylic acids is 1. The van der Waals surface area contributed by atoms with Gasteiger partial charge in [0, 0.05) is 16.5 Å². The first-order valence-corrected chi connectivity index (χ1v) is 8.26. The summed E-state index contributed by atoms with van der Waals surface area (Å²) in [6, 6.07) is 1.11. The minimum atomic E-state index is -4.64. The third kappa shape index (κ3) is 3.88. The number of methoxy groups -OCH3 is 2. The fraction of sp³-hybridized carbons (Fsp3) is 0.286. The molecule has 1 unspecified atom stereocenters. The van der Waals surface area contributed by atoms with Gasteiger partial charge in [-0.05, 0) is 6.07 Å². The maximum Gasteiger partial charge on any atom is 0.420 e. The average Bonchev–Trinajstić information content (AvgIpc) is 2.91. The van der Waals surface area contributed by atoms with E-state index >= 15 is 0 Å². The number of anilines is 2. The Morgan fingerprint density at radius 2 is 1.83 bits per heavy atom. The third-order valence-corrected chi connectivity index (χ3v) is 4.40. The van der Waals surface area contributed by atoms with Crippen molar-refractivity contribution in [3.05, 3.63) is 29.3 Å². The predicted molar refractivity (Wildman–Crippen MR) is 84.9 cm³/mol. The van der Waals surface area contributed by atoms with Crippen molar-refractivity contribution < 1.29 is 27.4 Å². The van der Waals surface area contributed by atoms with E-state index in [9.17, 15) is 18.0 Å². The van der Waals surface area contributed by atoms with Gasteiger partial charge < -0.3 is 14.8 Å². The molecule has 2 rings (SSSR count). The molecule has 2 aromatic rings. The molecule has 0 spiro atoms. The van der Waals surface area contributed by atoms with Crippen LogP contribution in [0.4, 0.5) is 28.8 Å². The molecule has 1 atom stereocenters. The predicted octanol–water partition coefficient (Wildman–Crippen LogP) is 4.05. The molecule has 0 aliphatic carbocycles. The topological polar surface area (TPSA) is 72.5 Å². The first-order chi connectivity index (χ1) is 11.3. The number of nitrogens with zero attached hydrogens (tertiary/aromatic N) is 1. The first-order valence-electron chi connectivity index (χ1n) is 6.56. The summed E-state index contributed by atoms with van der Waals surface area (Å²) < 4.78 is 49.0. The molecule has 0 aliphatic heterocycles. The van der Waals surface area contributed by atoms with Crippen molar-refractivity contribution in [2.75, 3.05) is 24.9 Å². The highest BCUT2D eigenvalue weighted by Crippen LogP contribution is 2.42. The van der Waals surface area contributed by atoms with Crippen LogP contribution in [0.5, 0.6) is 11.5 Å². The number of hydrogen-bond acceptors (Lipinski definition) is 4. The van der Waals surface area contributed by atoms with Gasteiger partial charge in [-0.3, -0.25) is 0 Å². The number of urea groups is 1. The molecule has 2 amide bonds. The maximum absolute atomic E-state index is 13.1. The number of rotatable bonds is 4. The smallest absolute Gasteiger partial charge is 0.420 e. The number of ether oxygens (including phenoxy) is 2. The van der Waals surface area contributed by atoms with Gasteiger partial charge >= 0.3 is 17.3 Å². The summed E-state index contributed by atoms with van der Waals surface area (Å²) in [5.41, 5.74) is -1.15. The summed E-state index contributed by atoms with van der Waals surface area (Å²) in [4.78, 5) is 16.0. The van der Waals surface area contributed by atoms with E-state index in [0.717, 1.165) is 19.2 Å². The normalized spacial score (nSPS) is 11.8. The van der Waals surface area contributed by atoms with Crippen molar-refractivity contribution in [2.24, 2.45) is 6.26 Å². The molecule has 0 radical (unpaired) electrons. The van der Waals surface area contributed by atoms with E-state index in [1.165, 1.54) is 7.11 Å². The van der Waals surface area contributed by atoms with E-state index in [-0.39, 0.29) is 21.9 Å². The Kier molecular flexibility index (Phi) is 5.17. The number of aromatic nitrogens is 1. The minimum Gasteiger partial charge on any atom is -0.496 e. The molecule has 1 heterocycles. The second-order valence-corrected chi connectivity index (χ2v) is 6.38. The molecule has 10 heteroatoms. The molecular weight excluding hydrogens is 347 g/mol. The SMILES string of the molecule is COc1cc(OC)c(C(F)(F)F)cc1NC(=O)Nc1ncc[s+]1C. The van der Waals surface area contributed by atoms with Gasteiger partial charge in [-0.2, -0.15) is 18.2 Å². The highest BCUT2D eigenvalue weighted by atomic mass is 32.2. The lowest BCUT2D eigenvalue weighted by Crippen LogP contribution is -2.20. The number of amides is 2. The third-order valence-electron chi connectivity index (χ3n) is 3.06. The van der Waals surface area contributed by atoms with Crippen LogP contribution in [0.3, 0.4) is 0 Å². The van der Waals surface area contributed by atoms with Crippen LogP contribution < -0.4 is 20.1 Å². The van der Waals surface area contributed by atoms with Crippen molar-refractivity contribution >= 4 is 27.3 Å². The Hall–Kier alpha value is -2.49. The van der Waals surface area contributed by atoms with Crippen LogP contribution in [0, 0.1) is 0 Å². The van der Waals surface area contributed by atoms with Crippen LogP contribution in [0.25, 0.3) is 0 Å². The Bertz CT molecular complexity index is 747. The number of carbonyl (C=O) groups is 1. The summed E-state index contributed by atoms with van der Waals surface area (Å²) in [6.07, 6.45) is -1.24. The van der Waals surface area contributed by atoms with Gasteiger partial charge in [0.25, 0.3) is 0 Å². The zero-order valence-electron chi connectivity index (χ0n) is 13.0. The summed E-state index contributed by atoms with van der Waals surface area (Å²) in [7, 11) is 2.05. The van der Waals surface area contributed by atoms with Crippen LogP contribution in [0.15, 0.2) is 23.7 Å². The molecule has 0 saturated carbocycles. The number of benzene rings is 1. The first kappa shape index (κ1) is 17.9. The number of hydrogen-bond donors (Lipinski definition) is 2. The Balaban J connectivity index is 2.31. The van der Waals surface area contributed by atoms with Gasteiger partial charge in [0.1, 0.15) is 17.8 Å². The summed E-state index contributed by atoms with van der Waals surface area (Å²) in [5.74, 6) is -0.359. The Morgan fingerprint density at radius 3 is 2.33 bits per heavy atom. The van der Waals surface area contributed by atoms with Crippen molar-refractivity contribution in [2.45, 2.75) is 6.18 Å². The van der Waals surface area contributed by atoms with Crippen LogP contribution in [-0.4, -0.2) is 25.2 Å². The fourth-order valence-corrected chi connectivity index (χ4v) is 2.77. The van der Waals surface area contributed by atoms with E-state index in [1.807, 2.05) is 6.26 Å². The number of halogens is 3. The zero-order valence-corrected chi connectivity index (χ0v) is 13.8. The molecule has 130 valence electrons. The minimum absolute atomic E-state index is 0.0389.